The fourth-order valence-electron chi connectivity index (χ4n) is 2.18. The van der Waals surface area contributed by atoms with Crippen LogP contribution >= 0.6 is 11.6 Å². The van der Waals surface area contributed by atoms with Gasteiger partial charge in [-0.05, 0) is 42.8 Å². The first-order valence-electron chi connectivity index (χ1n) is 7.36. The highest BCUT2D eigenvalue weighted by Gasteiger charge is 2.09. The maximum atomic E-state index is 12.2. The van der Waals surface area contributed by atoms with Gasteiger partial charge in [0.1, 0.15) is 0 Å². The molecule has 1 aromatic heterocycles. The van der Waals surface area contributed by atoms with Crippen LogP contribution in [0, 0.1) is 6.92 Å². The lowest BCUT2D eigenvalue weighted by Gasteiger charge is -2.08. The number of halogens is 1. The molecule has 0 aliphatic carbocycles. The number of nitrogens with zero attached hydrogens (tertiary/aromatic N) is 2. The van der Waals surface area contributed by atoms with Crippen molar-refractivity contribution in [3.63, 3.8) is 0 Å². The van der Waals surface area contributed by atoms with Gasteiger partial charge in [-0.25, -0.2) is 0 Å². The first kappa shape index (κ1) is 16.0. The number of nitrogens with one attached hydrogen (secondary N) is 2. The summed E-state index contributed by atoms with van der Waals surface area (Å²) in [5.41, 5.74) is 2.25. The predicted molar refractivity (Wildman–Crippen MR) is 95.9 cm³/mol. The molecule has 0 saturated heterocycles. The minimum atomic E-state index is -0.214. The average molecular weight is 339 g/mol. The number of carbonyl (C=O) groups is 1. The Morgan fingerprint density at radius 2 is 1.58 bits per heavy atom. The molecular weight excluding hydrogens is 324 g/mol. The maximum absolute atomic E-state index is 12.2. The van der Waals surface area contributed by atoms with Gasteiger partial charge in [0.15, 0.2) is 11.6 Å². The summed E-state index contributed by atoms with van der Waals surface area (Å²) in [5, 5.41) is 14.5. The summed E-state index contributed by atoms with van der Waals surface area (Å²) in [6.07, 6.45) is 0. The van der Waals surface area contributed by atoms with Crippen LogP contribution in [0.1, 0.15) is 15.9 Å². The highest BCUT2D eigenvalue weighted by Crippen LogP contribution is 2.23. The molecule has 2 N–H and O–H groups in total. The third-order valence-corrected chi connectivity index (χ3v) is 3.76. The van der Waals surface area contributed by atoms with Crippen LogP contribution < -0.4 is 10.6 Å². The molecule has 0 fully saturated rings. The lowest BCUT2D eigenvalue weighted by molar-refractivity contribution is 0.102. The molecule has 0 aliphatic heterocycles. The summed E-state index contributed by atoms with van der Waals surface area (Å²) in [4.78, 5) is 12.2. The van der Waals surface area contributed by atoms with Gasteiger partial charge < -0.3 is 10.6 Å². The number of aromatic nitrogens is 2. The van der Waals surface area contributed by atoms with Gasteiger partial charge in [0.05, 0.1) is 10.7 Å². The number of hydrogen-bond acceptors (Lipinski definition) is 4. The fraction of sp³-hybridized carbons (Fsp3) is 0.0556. The number of anilines is 3. The molecule has 6 heteroatoms. The van der Waals surface area contributed by atoms with Crippen LogP contribution in [0.3, 0.4) is 0 Å². The van der Waals surface area contributed by atoms with Gasteiger partial charge in [0.2, 0.25) is 0 Å². The molecular formula is C18H15ClN4O. The normalized spacial score (nSPS) is 10.2. The zero-order chi connectivity index (χ0) is 16.9. The SMILES string of the molecule is Cc1ccccc1C(=O)Nc1ccc(Nc2ccccc2Cl)nn1. The molecule has 0 aliphatic rings. The van der Waals surface area contributed by atoms with Crippen LogP contribution in [0.2, 0.25) is 5.02 Å². The Hall–Kier alpha value is -2.92. The Kier molecular flexibility index (Phi) is 4.72. The van der Waals surface area contributed by atoms with E-state index < -0.39 is 0 Å². The van der Waals surface area contributed by atoms with Crippen LogP contribution in [0.25, 0.3) is 0 Å². The van der Waals surface area contributed by atoms with Crippen molar-refractivity contribution in [1.29, 1.82) is 0 Å². The minimum absolute atomic E-state index is 0.214. The molecule has 3 rings (SSSR count). The molecule has 0 atom stereocenters. The minimum Gasteiger partial charge on any atom is -0.338 e. The van der Waals surface area contributed by atoms with Gasteiger partial charge >= 0.3 is 0 Å². The topological polar surface area (TPSA) is 66.9 Å². The molecule has 0 unspecified atom stereocenters. The van der Waals surface area contributed by atoms with E-state index in [9.17, 15) is 4.79 Å². The van der Waals surface area contributed by atoms with Crippen molar-refractivity contribution >= 4 is 34.8 Å². The smallest absolute Gasteiger partial charge is 0.257 e. The van der Waals surface area contributed by atoms with E-state index in [2.05, 4.69) is 20.8 Å². The van der Waals surface area contributed by atoms with Gasteiger partial charge in [0.25, 0.3) is 5.91 Å². The van der Waals surface area contributed by atoms with Crippen LogP contribution in [-0.4, -0.2) is 16.1 Å². The summed E-state index contributed by atoms with van der Waals surface area (Å²) in [6, 6.07) is 18.1. The fourth-order valence-corrected chi connectivity index (χ4v) is 2.36. The summed E-state index contributed by atoms with van der Waals surface area (Å²) >= 11 is 6.09. The molecule has 2 aromatic carbocycles. The second-order valence-corrected chi connectivity index (χ2v) is 5.58. The number of carbonyl (C=O) groups excluding carboxylic acids is 1. The first-order valence-corrected chi connectivity index (χ1v) is 7.73. The lowest BCUT2D eigenvalue weighted by Crippen LogP contribution is -2.14. The van der Waals surface area contributed by atoms with Crippen LogP contribution in [-0.2, 0) is 0 Å². The second-order valence-electron chi connectivity index (χ2n) is 5.18. The summed E-state index contributed by atoms with van der Waals surface area (Å²) in [5.74, 6) is 0.708. The van der Waals surface area contributed by atoms with E-state index in [1.54, 1.807) is 24.3 Å². The van der Waals surface area contributed by atoms with Gasteiger partial charge in [-0.2, -0.15) is 0 Å². The predicted octanol–water partition coefficient (Wildman–Crippen LogP) is 4.43. The van der Waals surface area contributed by atoms with E-state index in [0.29, 0.717) is 22.2 Å². The maximum Gasteiger partial charge on any atom is 0.257 e. The van der Waals surface area contributed by atoms with Crippen LogP contribution in [0.4, 0.5) is 17.3 Å². The van der Waals surface area contributed by atoms with Crippen molar-refractivity contribution in [2.45, 2.75) is 6.92 Å². The van der Waals surface area contributed by atoms with Gasteiger partial charge in [-0.15, -0.1) is 10.2 Å². The van der Waals surface area contributed by atoms with Crippen molar-refractivity contribution in [3.8, 4) is 0 Å². The molecule has 0 radical (unpaired) electrons. The van der Waals surface area contributed by atoms with E-state index in [-0.39, 0.29) is 5.91 Å². The number of amides is 1. The standard InChI is InChI=1S/C18H15ClN4O/c1-12-6-2-3-7-13(12)18(24)21-17-11-10-16(22-23-17)20-15-9-5-4-8-14(15)19/h2-11H,1H3,(H,20,22)(H,21,23,24). The first-order chi connectivity index (χ1) is 11.6. The van der Waals surface area contributed by atoms with Gasteiger partial charge in [-0.1, -0.05) is 41.9 Å². The zero-order valence-corrected chi connectivity index (χ0v) is 13.7. The highest BCUT2D eigenvalue weighted by atomic mass is 35.5. The highest BCUT2D eigenvalue weighted by molar-refractivity contribution is 6.33. The Morgan fingerprint density at radius 3 is 2.29 bits per heavy atom. The quantitative estimate of drug-likeness (QED) is 0.738. The molecule has 120 valence electrons. The number of para-hydroxylation sites is 1. The number of hydrogen-bond donors (Lipinski definition) is 2. The number of benzene rings is 2. The summed E-state index contributed by atoms with van der Waals surface area (Å²) in [7, 11) is 0. The summed E-state index contributed by atoms with van der Waals surface area (Å²) < 4.78 is 0. The average Bonchev–Trinajstić information content (AvgIpc) is 2.59. The van der Waals surface area contributed by atoms with Crippen molar-refractivity contribution in [3.05, 3.63) is 76.8 Å². The van der Waals surface area contributed by atoms with E-state index in [1.807, 2.05) is 43.3 Å². The Labute approximate surface area is 144 Å². The summed E-state index contributed by atoms with van der Waals surface area (Å²) in [6.45, 7) is 1.89. The van der Waals surface area contributed by atoms with E-state index in [0.717, 1.165) is 11.3 Å². The van der Waals surface area contributed by atoms with Crippen LogP contribution in [0.5, 0.6) is 0 Å². The van der Waals surface area contributed by atoms with Gasteiger partial charge in [-0.3, -0.25) is 4.79 Å². The second kappa shape index (κ2) is 7.10. The number of rotatable bonds is 4. The monoisotopic (exact) mass is 338 g/mol. The zero-order valence-electron chi connectivity index (χ0n) is 13.0. The van der Waals surface area contributed by atoms with Crippen molar-refractivity contribution in [1.82, 2.24) is 10.2 Å². The molecule has 0 saturated carbocycles. The van der Waals surface area contributed by atoms with Crippen molar-refractivity contribution < 1.29 is 4.79 Å². The van der Waals surface area contributed by atoms with Crippen molar-refractivity contribution in [2.75, 3.05) is 10.6 Å². The molecule has 0 spiro atoms. The Bertz CT molecular complexity index is 865. The molecule has 1 amide bonds. The van der Waals surface area contributed by atoms with Gasteiger partial charge in [0, 0.05) is 5.56 Å². The third kappa shape index (κ3) is 3.70. The molecule has 1 heterocycles. The number of aryl methyl sites for hydroxylation is 1. The van der Waals surface area contributed by atoms with E-state index >= 15 is 0 Å². The molecule has 3 aromatic rings. The molecule has 24 heavy (non-hydrogen) atoms. The largest absolute Gasteiger partial charge is 0.338 e. The molecule has 5 nitrogen and oxygen atoms in total. The Balaban J connectivity index is 1.70. The Morgan fingerprint density at radius 1 is 0.917 bits per heavy atom. The molecule has 0 bridgehead atoms. The van der Waals surface area contributed by atoms with E-state index in [4.69, 9.17) is 11.6 Å². The van der Waals surface area contributed by atoms with E-state index in [1.165, 1.54) is 0 Å². The third-order valence-electron chi connectivity index (χ3n) is 3.43. The van der Waals surface area contributed by atoms with Crippen molar-refractivity contribution in [2.24, 2.45) is 0 Å². The van der Waals surface area contributed by atoms with Crippen LogP contribution in [0.15, 0.2) is 60.7 Å². The lowest BCUT2D eigenvalue weighted by atomic mass is 10.1.